The number of carbonyl (C=O) groups excluding carboxylic acids is 2. The van der Waals surface area contributed by atoms with E-state index in [0.29, 0.717) is 5.02 Å². The van der Waals surface area contributed by atoms with Crippen LogP contribution in [-0.4, -0.2) is 30.5 Å². The molecule has 0 heterocycles. The molecule has 0 aliphatic rings. The molecule has 0 atom stereocenters. The van der Waals surface area contributed by atoms with Gasteiger partial charge in [0.25, 0.3) is 11.6 Å². The molecule has 9 heteroatoms. The first kappa shape index (κ1) is 19.9. The standard InChI is InChI=1S/C18H15ClN2O6/c1-26-16-10-14(21(24)25)7-8-15(16)20-17(22)11-27-18(23)9-4-12-2-5-13(19)6-3-12/h2-10H,11H2,1H3,(H,20,22)/b9-4+. The van der Waals surface area contributed by atoms with Crippen LogP contribution in [-0.2, 0) is 14.3 Å². The highest BCUT2D eigenvalue weighted by Gasteiger charge is 2.14. The first-order valence-corrected chi connectivity index (χ1v) is 7.99. The van der Waals surface area contributed by atoms with E-state index in [1.165, 1.54) is 37.5 Å². The molecule has 0 radical (unpaired) electrons. The van der Waals surface area contributed by atoms with E-state index in [2.05, 4.69) is 5.32 Å². The van der Waals surface area contributed by atoms with Crippen LogP contribution in [0.4, 0.5) is 11.4 Å². The van der Waals surface area contributed by atoms with Crippen molar-refractivity contribution in [3.63, 3.8) is 0 Å². The molecule has 2 rings (SSSR count). The Kier molecular flexibility index (Phi) is 6.90. The molecular weight excluding hydrogens is 376 g/mol. The van der Waals surface area contributed by atoms with Crippen LogP contribution in [0.2, 0.25) is 5.02 Å². The lowest BCUT2D eigenvalue weighted by atomic mass is 10.2. The summed E-state index contributed by atoms with van der Waals surface area (Å²) in [5.74, 6) is -1.20. The molecule has 0 spiro atoms. The average molecular weight is 391 g/mol. The van der Waals surface area contributed by atoms with Crippen LogP contribution in [0.25, 0.3) is 6.08 Å². The first-order chi connectivity index (χ1) is 12.9. The zero-order chi connectivity index (χ0) is 19.8. The summed E-state index contributed by atoms with van der Waals surface area (Å²) in [6, 6.07) is 10.5. The average Bonchev–Trinajstić information content (AvgIpc) is 2.66. The number of methoxy groups -OCH3 is 1. The molecule has 140 valence electrons. The second kappa shape index (κ2) is 9.35. The van der Waals surface area contributed by atoms with Crippen molar-refractivity contribution in [2.45, 2.75) is 0 Å². The fourth-order valence-electron chi connectivity index (χ4n) is 2.01. The number of benzene rings is 2. The van der Waals surface area contributed by atoms with Gasteiger partial charge in [0.05, 0.1) is 23.8 Å². The number of carbonyl (C=O) groups is 2. The molecule has 0 unspecified atom stereocenters. The largest absolute Gasteiger partial charge is 0.494 e. The van der Waals surface area contributed by atoms with Crippen molar-refractivity contribution in [2.24, 2.45) is 0 Å². The monoisotopic (exact) mass is 390 g/mol. The number of anilines is 1. The lowest BCUT2D eigenvalue weighted by Gasteiger charge is -2.09. The van der Waals surface area contributed by atoms with Crippen LogP contribution in [0.15, 0.2) is 48.5 Å². The Hall–Kier alpha value is -3.39. The van der Waals surface area contributed by atoms with Crippen LogP contribution in [0.3, 0.4) is 0 Å². The third-order valence-corrected chi connectivity index (χ3v) is 3.55. The van der Waals surface area contributed by atoms with Gasteiger partial charge in [-0.25, -0.2) is 4.79 Å². The van der Waals surface area contributed by atoms with Gasteiger partial charge in [0.2, 0.25) is 0 Å². The molecule has 1 N–H and O–H groups in total. The molecule has 2 aromatic carbocycles. The molecule has 27 heavy (non-hydrogen) atoms. The quantitative estimate of drug-likeness (QED) is 0.336. The Labute approximate surface area is 159 Å². The van der Waals surface area contributed by atoms with Gasteiger partial charge in [0.1, 0.15) is 5.75 Å². The number of hydrogen-bond acceptors (Lipinski definition) is 6. The molecule has 0 aliphatic carbocycles. The summed E-state index contributed by atoms with van der Waals surface area (Å²) in [6.45, 7) is -0.524. The van der Waals surface area contributed by atoms with Crippen molar-refractivity contribution >= 4 is 40.9 Å². The van der Waals surface area contributed by atoms with Gasteiger partial charge in [0, 0.05) is 17.2 Å². The van der Waals surface area contributed by atoms with E-state index < -0.39 is 23.4 Å². The maximum atomic E-state index is 11.9. The number of esters is 1. The minimum absolute atomic E-state index is 0.117. The highest BCUT2D eigenvalue weighted by molar-refractivity contribution is 6.30. The number of hydrogen-bond donors (Lipinski definition) is 1. The topological polar surface area (TPSA) is 108 Å². The number of ether oxygens (including phenoxy) is 2. The summed E-state index contributed by atoms with van der Waals surface area (Å²) >= 11 is 5.77. The number of nitrogens with one attached hydrogen (secondary N) is 1. The minimum atomic E-state index is -0.698. The second-order valence-electron chi connectivity index (χ2n) is 5.18. The summed E-state index contributed by atoms with van der Waals surface area (Å²) in [5.41, 5.74) is 0.792. The number of halogens is 1. The summed E-state index contributed by atoms with van der Waals surface area (Å²) in [5, 5.41) is 13.8. The van der Waals surface area contributed by atoms with Crippen LogP contribution >= 0.6 is 11.6 Å². The summed E-state index contributed by atoms with van der Waals surface area (Å²) < 4.78 is 9.86. The van der Waals surface area contributed by atoms with E-state index in [4.69, 9.17) is 21.1 Å². The highest BCUT2D eigenvalue weighted by atomic mass is 35.5. The van der Waals surface area contributed by atoms with Gasteiger partial charge in [0.15, 0.2) is 6.61 Å². The Bertz CT molecular complexity index is 880. The van der Waals surface area contributed by atoms with Crippen LogP contribution < -0.4 is 10.1 Å². The SMILES string of the molecule is COc1cc([N+](=O)[O-])ccc1NC(=O)COC(=O)/C=C/c1ccc(Cl)cc1. The number of nitro groups is 1. The predicted molar refractivity (Wildman–Crippen MR) is 99.7 cm³/mol. The van der Waals surface area contributed by atoms with E-state index in [9.17, 15) is 19.7 Å². The highest BCUT2D eigenvalue weighted by Crippen LogP contribution is 2.28. The molecule has 0 aromatic heterocycles. The molecule has 0 bridgehead atoms. The van der Waals surface area contributed by atoms with Crippen LogP contribution in [0.5, 0.6) is 5.75 Å². The van der Waals surface area contributed by atoms with Gasteiger partial charge >= 0.3 is 5.97 Å². The van der Waals surface area contributed by atoms with Crippen molar-refractivity contribution in [1.29, 1.82) is 0 Å². The fraction of sp³-hybridized carbons (Fsp3) is 0.111. The third-order valence-electron chi connectivity index (χ3n) is 3.30. The van der Waals surface area contributed by atoms with E-state index >= 15 is 0 Å². The van der Waals surface area contributed by atoms with E-state index in [1.54, 1.807) is 24.3 Å². The van der Waals surface area contributed by atoms with E-state index in [0.717, 1.165) is 5.56 Å². The normalized spacial score (nSPS) is 10.4. The summed E-state index contributed by atoms with van der Waals surface area (Å²) in [6.07, 6.45) is 2.71. The molecule has 0 fully saturated rings. The first-order valence-electron chi connectivity index (χ1n) is 7.61. The zero-order valence-electron chi connectivity index (χ0n) is 14.2. The number of rotatable bonds is 7. The lowest BCUT2D eigenvalue weighted by Crippen LogP contribution is -2.20. The summed E-state index contributed by atoms with van der Waals surface area (Å²) in [4.78, 5) is 33.7. The third kappa shape index (κ3) is 6.12. The summed E-state index contributed by atoms with van der Waals surface area (Å²) in [7, 11) is 1.32. The Morgan fingerprint density at radius 3 is 2.56 bits per heavy atom. The maximum absolute atomic E-state index is 11.9. The maximum Gasteiger partial charge on any atom is 0.331 e. The molecule has 0 saturated heterocycles. The second-order valence-corrected chi connectivity index (χ2v) is 5.62. The molecular formula is C18H15ClN2O6. The Morgan fingerprint density at radius 2 is 1.93 bits per heavy atom. The number of amides is 1. The predicted octanol–water partition coefficient (Wildman–Crippen LogP) is 3.45. The van der Waals surface area contributed by atoms with Crippen LogP contribution in [0.1, 0.15) is 5.56 Å². The Morgan fingerprint density at radius 1 is 1.22 bits per heavy atom. The van der Waals surface area contributed by atoms with E-state index in [-0.39, 0.29) is 17.1 Å². The van der Waals surface area contributed by atoms with Crippen molar-refractivity contribution < 1.29 is 24.0 Å². The van der Waals surface area contributed by atoms with Gasteiger partial charge in [-0.05, 0) is 29.8 Å². The van der Waals surface area contributed by atoms with Crippen molar-refractivity contribution in [1.82, 2.24) is 0 Å². The lowest BCUT2D eigenvalue weighted by molar-refractivity contribution is -0.384. The number of nitro benzene ring substituents is 1. The molecule has 0 aliphatic heterocycles. The molecule has 2 aromatic rings. The molecule has 8 nitrogen and oxygen atoms in total. The van der Waals surface area contributed by atoms with E-state index in [1.807, 2.05) is 0 Å². The van der Waals surface area contributed by atoms with Crippen molar-refractivity contribution in [2.75, 3.05) is 19.0 Å². The Balaban J connectivity index is 1.89. The minimum Gasteiger partial charge on any atom is -0.494 e. The fourth-order valence-corrected chi connectivity index (χ4v) is 2.13. The van der Waals surface area contributed by atoms with Gasteiger partial charge in [-0.3, -0.25) is 14.9 Å². The smallest absolute Gasteiger partial charge is 0.331 e. The van der Waals surface area contributed by atoms with Gasteiger partial charge < -0.3 is 14.8 Å². The number of nitrogens with zero attached hydrogens (tertiary/aromatic N) is 1. The van der Waals surface area contributed by atoms with Crippen molar-refractivity contribution in [3.8, 4) is 5.75 Å². The van der Waals surface area contributed by atoms with Crippen molar-refractivity contribution in [3.05, 3.63) is 69.2 Å². The van der Waals surface area contributed by atoms with Crippen LogP contribution in [0, 0.1) is 10.1 Å². The van der Waals surface area contributed by atoms with Gasteiger partial charge in [-0.2, -0.15) is 0 Å². The zero-order valence-corrected chi connectivity index (χ0v) is 14.9. The van der Waals surface area contributed by atoms with Gasteiger partial charge in [-0.15, -0.1) is 0 Å². The number of non-ortho nitro benzene ring substituents is 1. The van der Waals surface area contributed by atoms with Gasteiger partial charge in [-0.1, -0.05) is 23.7 Å². The molecule has 1 amide bonds. The molecule has 0 saturated carbocycles.